The summed E-state index contributed by atoms with van der Waals surface area (Å²) >= 11 is 6.94. The van der Waals surface area contributed by atoms with Crippen LogP contribution in [0.1, 0.15) is 37.8 Å². The van der Waals surface area contributed by atoms with Crippen molar-refractivity contribution in [3.8, 4) is 11.1 Å². The molecule has 0 saturated heterocycles. The smallest absolute Gasteiger partial charge is 0.125 e. The van der Waals surface area contributed by atoms with Crippen LogP contribution in [0.3, 0.4) is 0 Å². The molecule has 4 rings (SSSR count). The number of fused-ring (bicyclic) bond motifs is 2. The minimum atomic E-state index is -0.302. The monoisotopic (exact) mass is 366 g/mol. The van der Waals surface area contributed by atoms with E-state index in [9.17, 15) is 4.79 Å². The van der Waals surface area contributed by atoms with Gasteiger partial charge < -0.3 is 15.1 Å². The van der Waals surface area contributed by atoms with Gasteiger partial charge >= 0.3 is 0 Å². The van der Waals surface area contributed by atoms with Crippen molar-refractivity contribution in [2.75, 3.05) is 5.32 Å². The average Bonchev–Trinajstić information content (AvgIpc) is 3.06. The van der Waals surface area contributed by atoms with E-state index in [0.717, 1.165) is 50.2 Å². The molecule has 0 saturated carbocycles. The fraction of sp³-hybridized carbons (Fsp3) is 0.318. The minimum Gasteiger partial charge on any atom is -0.379 e. The van der Waals surface area contributed by atoms with Crippen LogP contribution in [0.2, 0.25) is 5.02 Å². The zero-order valence-corrected chi connectivity index (χ0v) is 16.2. The maximum absolute atomic E-state index is 11.8. The predicted octanol–water partition coefficient (Wildman–Crippen LogP) is 5.92. The van der Waals surface area contributed by atoms with E-state index in [0.29, 0.717) is 0 Å². The summed E-state index contributed by atoms with van der Waals surface area (Å²) in [5.74, 6) is -0.0869. The second-order valence-electron chi connectivity index (χ2n) is 7.89. The number of halogens is 1. The Morgan fingerprint density at radius 3 is 2.69 bits per heavy atom. The molecule has 26 heavy (non-hydrogen) atoms. The van der Waals surface area contributed by atoms with Crippen LogP contribution in [-0.2, 0) is 4.79 Å². The number of para-hydroxylation sites is 1. The number of rotatable bonds is 2. The molecular formula is C22H23ClN2O. The van der Waals surface area contributed by atoms with Crippen molar-refractivity contribution < 1.29 is 4.79 Å². The summed E-state index contributed by atoms with van der Waals surface area (Å²) < 4.78 is 0. The molecule has 4 heteroatoms. The molecule has 0 amide bonds. The Labute approximate surface area is 158 Å². The zero-order valence-electron chi connectivity index (χ0n) is 15.5. The number of hydrogen-bond donors (Lipinski definition) is 2. The van der Waals surface area contributed by atoms with Crippen molar-refractivity contribution in [1.29, 1.82) is 0 Å². The van der Waals surface area contributed by atoms with Gasteiger partial charge in [-0.05, 0) is 55.3 Å². The summed E-state index contributed by atoms with van der Waals surface area (Å²) in [7, 11) is 0. The first kappa shape index (κ1) is 17.2. The second-order valence-corrected chi connectivity index (χ2v) is 8.27. The highest BCUT2D eigenvalue weighted by Crippen LogP contribution is 2.50. The van der Waals surface area contributed by atoms with Crippen LogP contribution in [0.4, 0.5) is 5.69 Å². The van der Waals surface area contributed by atoms with Gasteiger partial charge in [0.25, 0.3) is 0 Å². The third kappa shape index (κ3) is 2.38. The number of aromatic nitrogens is 1. The van der Waals surface area contributed by atoms with E-state index in [1.54, 1.807) is 0 Å². The van der Waals surface area contributed by atoms with Gasteiger partial charge in [0.2, 0.25) is 0 Å². The van der Waals surface area contributed by atoms with Crippen molar-refractivity contribution in [3.05, 3.63) is 52.7 Å². The van der Waals surface area contributed by atoms with Gasteiger partial charge in [0.1, 0.15) is 6.29 Å². The molecule has 1 aliphatic rings. The number of aromatic amines is 1. The Morgan fingerprint density at radius 2 is 1.96 bits per heavy atom. The molecule has 0 radical (unpaired) electrons. The Balaban J connectivity index is 1.99. The molecule has 0 aliphatic carbocycles. The highest BCUT2D eigenvalue weighted by molar-refractivity contribution is 6.35. The molecule has 0 bridgehead atoms. The van der Waals surface area contributed by atoms with E-state index >= 15 is 0 Å². The molecule has 2 heterocycles. The van der Waals surface area contributed by atoms with Crippen LogP contribution < -0.4 is 5.32 Å². The van der Waals surface area contributed by atoms with Crippen LogP contribution >= 0.6 is 11.6 Å². The van der Waals surface area contributed by atoms with Crippen molar-refractivity contribution in [2.45, 2.75) is 39.2 Å². The average molecular weight is 367 g/mol. The Hall–Kier alpha value is -2.26. The maximum Gasteiger partial charge on any atom is 0.125 e. The summed E-state index contributed by atoms with van der Waals surface area (Å²) in [6.45, 7) is 8.36. The Kier molecular flexibility index (Phi) is 3.89. The van der Waals surface area contributed by atoms with Gasteiger partial charge in [0.05, 0.1) is 10.5 Å². The molecule has 0 spiro atoms. The third-order valence-corrected chi connectivity index (χ3v) is 6.20. The SMILES string of the molecule is Cc1cc(-c2cccc3cc[nH]c23)c(Cl)c2c1NC(C)(C)C(C=O)C2C. The fourth-order valence-corrected chi connectivity index (χ4v) is 4.84. The zero-order chi connectivity index (χ0) is 18.6. The topological polar surface area (TPSA) is 44.9 Å². The van der Waals surface area contributed by atoms with E-state index in [4.69, 9.17) is 11.6 Å². The first-order valence-electron chi connectivity index (χ1n) is 8.98. The van der Waals surface area contributed by atoms with Crippen LogP contribution in [0.15, 0.2) is 36.5 Å². The third-order valence-electron chi connectivity index (χ3n) is 5.80. The lowest BCUT2D eigenvalue weighted by atomic mass is 9.71. The predicted molar refractivity (Wildman–Crippen MR) is 109 cm³/mol. The molecule has 2 atom stereocenters. The number of hydrogen-bond acceptors (Lipinski definition) is 2. The number of carbonyl (C=O) groups is 1. The number of aldehydes is 1. The van der Waals surface area contributed by atoms with Gasteiger partial charge in [0, 0.05) is 34.5 Å². The molecule has 3 aromatic rings. The number of nitrogens with one attached hydrogen (secondary N) is 2. The van der Waals surface area contributed by atoms with E-state index in [1.165, 1.54) is 0 Å². The summed E-state index contributed by atoms with van der Waals surface area (Å²) in [6.07, 6.45) is 3.01. The minimum absolute atomic E-state index is 0.0488. The largest absolute Gasteiger partial charge is 0.379 e. The summed E-state index contributed by atoms with van der Waals surface area (Å²) in [5, 5.41) is 5.45. The summed E-state index contributed by atoms with van der Waals surface area (Å²) in [6, 6.07) is 10.4. The molecule has 1 aromatic heterocycles. The molecule has 2 aromatic carbocycles. The lowest BCUT2D eigenvalue weighted by Crippen LogP contribution is -2.47. The number of aryl methyl sites for hydroxylation is 1. The van der Waals surface area contributed by atoms with Gasteiger partial charge in [-0.1, -0.05) is 36.7 Å². The Morgan fingerprint density at radius 1 is 1.19 bits per heavy atom. The van der Waals surface area contributed by atoms with Crippen LogP contribution in [0.5, 0.6) is 0 Å². The van der Waals surface area contributed by atoms with E-state index in [1.807, 2.05) is 6.20 Å². The van der Waals surface area contributed by atoms with E-state index in [-0.39, 0.29) is 17.4 Å². The van der Waals surface area contributed by atoms with Crippen LogP contribution in [0.25, 0.3) is 22.0 Å². The molecule has 2 N–H and O–H groups in total. The van der Waals surface area contributed by atoms with Gasteiger partial charge in [-0.25, -0.2) is 0 Å². The first-order chi connectivity index (χ1) is 12.3. The second kappa shape index (κ2) is 5.88. The van der Waals surface area contributed by atoms with Gasteiger partial charge in [-0.15, -0.1) is 0 Å². The van der Waals surface area contributed by atoms with Crippen molar-refractivity contribution in [2.24, 2.45) is 5.92 Å². The van der Waals surface area contributed by atoms with Crippen molar-refractivity contribution in [3.63, 3.8) is 0 Å². The van der Waals surface area contributed by atoms with Gasteiger partial charge in [-0.3, -0.25) is 0 Å². The number of H-pyrrole nitrogens is 1. The number of benzene rings is 2. The molecule has 1 aliphatic heterocycles. The van der Waals surface area contributed by atoms with Crippen LogP contribution in [0, 0.1) is 12.8 Å². The lowest BCUT2D eigenvalue weighted by Gasteiger charge is -2.44. The Bertz CT molecular complexity index is 1020. The van der Waals surface area contributed by atoms with E-state index < -0.39 is 0 Å². The van der Waals surface area contributed by atoms with Crippen LogP contribution in [-0.4, -0.2) is 16.8 Å². The highest BCUT2D eigenvalue weighted by atomic mass is 35.5. The maximum atomic E-state index is 11.8. The lowest BCUT2D eigenvalue weighted by molar-refractivity contribution is -0.113. The quantitative estimate of drug-likeness (QED) is 0.553. The summed E-state index contributed by atoms with van der Waals surface area (Å²) in [4.78, 5) is 15.1. The van der Waals surface area contributed by atoms with Crippen molar-refractivity contribution >= 4 is 34.5 Å². The molecule has 0 fully saturated rings. The van der Waals surface area contributed by atoms with Gasteiger partial charge in [-0.2, -0.15) is 0 Å². The fourth-order valence-electron chi connectivity index (χ4n) is 4.42. The molecular weight excluding hydrogens is 344 g/mol. The van der Waals surface area contributed by atoms with Gasteiger partial charge in [0.15, 0.2) is 0 Å². The summed E-state index contributed by atoms with van der Waals surface area (Å²) in [5.41, 5.74) is 6.12. The van der Waals surface area contributed by atoms with E-state index in [2.05, 4.69) is 68.3 Å². The first-order valence-corrected chi connectivity index (χ1v) is 9.36. The highest BCUT2D eigenvalue weighted by Gasteiger charge is 2.41. The van der Waals surface area contributed by atoms with Crippen molar-refractivity contribution in [1.82, 2.24) is 4.98 Å². The standard InChI is InChI=1S/C22H23ClN2O/c1-12-10-16(15-7-5-6-14-8-9-24-21(14)15)19(23)18-13(2)17(11-26)22(3,4)25-20(12)18/h5-11,13,17,24-25H,1-4H3. The normalized spacial score (nSPS) is 21.3. The molecule has 2 unspecified atom stereocenters. The number of carbonyl (C=O) groups excluding carboxylic acids is 1. The molecule has 134 valence electrons. The number of anilines is 1. The molecule has 3 nitrogen and oxygen atoms in total.